The summed E-state index contributed by atoms with van der Waals surface area (Å²) < 4.78 is 0. The fourth-order valence-corrected chi connectivity index (χ4v) is 2.39. The second-order valence-corrected chi connectivity index (χ2v) is 6.70. The Hall–Kier alpha value is -1.81. The molecule has 1 amide bonds. The van der Waals surface area contributed by atoms with E-state index in [-0.39, 0.29) is 11.3 Å². The second-order valence-electron chi connectivity index (χ2n) is 6.70. The number of hydrogen-bond donors (Lipinski definition) is 3. The lowest BCUT2D eigenvalue weighted by atomic mass is 9.87. The lowest BCUT2D eigenvalue weighted by Crippen LogP contribution is -2.48. The fourth-order valence-electron chi connectivity index (χ4n) is 2.39. The summed E-state index contributed by atoms with van der Waals surface area (Å²) in [4.78, 5) is 15.3. The van der Waals surface area contributed by atoms with Crippen molar-refractivity contribution in [3.05, 3.63) is 35.5 Å². The average Bonchev–Trinajstić information content (AvgIpc) is 2.81. The minimum Gasteiger partial charge on any atom is -0.361 e. The number of carbonyl (C=O) groups is 1. The maximum atomic E-state index is 12.0. The average molecular weight is 287 g/mol. The summed E-state index contributed by atoms with van der Waals surface area (Å²) in [6.45, 7) is 8.61. The molecule has 0 unspecified atom stereocenters. The summed E-state index contributed by atoms with van der Waals surface area (Å²) in [5.41, 5.74) is 9.35. The van der Waals surface area contributed by atoms with Gasteiger partial charge in [-0.15, -0.1) is 0 Å². The maximum Gasteiger partial charge on any atom is 0.237 e. The molecule has 21 heavy (non-hydrogen) atoms. The Morgan fingerprint density at radius 2 is 2.10 bits per heavy atom. The van der Waals surface area contributed by atoms with Gasteiger partial charge in [-0.1, -0.05) is 39.0 Å². The van der Waals surface area contributed by atoms with Crippen LogP contribution in [0.15, 0.2) is 24.4 Å². The second kappa shape index (κ2) is 5.90. The van der Waals surface area contributed by atoms with Crippen LogP contribution in [0.3, 0.4) is 0 Å². The van der Waals surface area contributed by atoms with Crippen molar-refractivity contribution in [1.82, 2.24) is 10.3 Å². The zero-order valence-electron chi connectivity index (χ0n) is 13.3. The Labute approximate surface area is 126 Å². The quantitative estimate of drug-likeness (QED) is 0.808. The number of nitrogens with one attached hydrogen (secondary N) is 2. The molecule has 0 saturated carbocycles. The van der Waals surface area contributed by atoms with Crippen LogP contribution in [0.25, 0.3) is 10.9 Å². The molecule has 1 aromatic heterocycles. The highest BCUT2D eigenvalue weighted by atomic mass is 16.2. The van der Waals surface area contributed by atoms with E-state index >= 15 is 0 Å². The zero-order valence-corrected chi connectivity index (χ0v) is 13.3. The van der Waals surface area contributed by atoms with Crippen molar-refractivity contribution in [1.29, 1.82) is 0 Å². The summed E-state index contributed by atoms with van der Waals surface area (Å²) in [5.74, 6) is -0.0847. The van der Waals surface area contributed by atoms with E-state index in [1.807, 2.05) is 27.0 Å². The molecule has 114 valence electrons. The molecule has 4 nitrogen and oxygen atoms in total. The minimum atomic E-state index is -0.484. The van der Waals surface area contributed by atoms with E-state index in [9.17, 15) is 4.79 Å². The molecular formula is C17H25N3O. The molecule has 0 fully saturated rings. The molecule has 1 aromatic carbocycles. The predicted octanol–water partition coefficient (Wildman–Crippen LogP) is 2.51. The van der Waals surface area contributed by atoms with E-state index in [0.717, 1.165) is 6.42 Å². The van der Waals surface area contributed by atoms with Crippen molar-refractivity contribution < 1.29 is 4.79 Å². The van der Waals surface area contributed by atoms with Gasteiger partial charge in [0.25, 0.3) is 0 Å². The van der Waals surface area contributed by atoms with Gasteiger partial charge in [0.2, 0.25) is 5.91 Å². The Kier molecular flexibility index (Phi) is 4.37. The molecule has 4 N–H and O–H groups in total. The largest absolute Gasteiger partial charge is 0.361 e. The monoisotopic (exact) mass is 287 g/mol. The summed E-state index contributed by atoms with van der Waals surface area (Å²) >= 11 is 0. The Morgan fingerprint density at radius 1 is 1.38 bits per heavy atom. The smallest absolute Gasteiger partial charge is 0.237 e. The number of benzene rings is 1. The molecule has 1 heterocycles. The van der Waals surface area contributed by atoms with Crippen LogP contribution in [0.4, 0.5) is 0 Å². The number of amides is 1. The molecule has 0 saturated heterocycles. The van der Waals surface area contributed by atoms with Crippen molar-refractivity contribution in [3.63, 3.8) is 0 Å². The van der Waals surface area contributed by atoms with Crippen LogP contribution in [0.1, 0.15) is 31.9 Å². The molecule has 4 heteroatoms. The van der Waals surface area contributed by atoms with Crippen LogP contribution < -0.4 is 11.1 Å². The van der Waals surface area contributed by atoms with Crippen LogP contribution in [0.5, 0.6) is 0 Å². The number of aromatic amines is 1. The number of para-hydroxylation sites is 1. The van der Waals surface area contributed by atoms with Gasteiger partial charge < -0.3 is 16.0 Å². The van der Waals surface area contributed by atoms with Crippen molar-refractivity contribution >= 4 is 16.8 Å². The molecule has 1 atom stereocenters. The molecule has 0 radical (unpaired) electrons. The summed E-state index contributed by atoms with van der Waals surface area (Å²) in [7, 11) is 0. The number of nitrogens with two attached hydrogens (primary N) is 1. The number of aromatic nitrogens is 1. The third-order valence-corrected chi connectivity index (χ3v) is 3.92. The van der Waals surface area contributed by atoms with Crippen LogP contribution in [-0.4, -0.2) is 23.5 Å². The number of aryl methyl sites for hydroxylation is 1. The van der Waals surface area contributed by atoms with Gasteiger partial charge in [0, 0.05) is 23.6 Å². The highest BCUT2D eigenvalue weighted by Gasteiger charge is 2.26. The van der Waals surface area contributed by atoms with Gasteiger partial charge in [0.1, 0.15) is 0 Å². The van der Waals surface area contributed by atoms with E-state index in [1.165, 1.54) is 22.0 Å². The first-order chi connectivity index (χ1) is 9.80. The van der Waals surface area contributed by atoms with Crippen LogP contribution in [-0.2, 0) is 11.2 Å². The van der Waals surface area contributed by atoms with E-state index < -0.39 is 6.04 Å². The zero-order chi connectivity index (χ0) is 15.6. The van der Waals surface area contributed by atoms with Crippen molar-refractivity contribution in [3.8, 4) is 0 Å². The highest BCUT2D eigenvalue weighted by molar-refractivity contribution is 5.86. The molecular weight excluding hydrogens is 262 g/mol. The first-order valence-electron chi connectivity index (χ1n) is 7.39. The maximum absolute atomic E-state index is 12.0. The lowest BCUT2D eigenvalue weighted by Gasteiger charge is -2.25. The first-order valence-corrected chi connectivity index (χ1v) is 7.39. The highest BCUT2D eigenvalue weighted by Crippen LogP contribution is 2.21. The molecule has 2 aromatic rings. The molecule has 0 spiro atoms. The third-order valence-electron chi connectivity index (χ3n) is 3.92. The van der Waals surface area contributed by atoms with E-state index in [4.69, 9.17) is 5.73 Å². The molecule has 0 aliphatic carbocycles. The summed E-state index contributed by atoms with van der Waals surface area (Å²) in [6.07, 6.45) is 2.82. The van der Waals surface area contributed by atoms with E-state index in [1.54, 1.807) is 0 Å². The van der Waals surface area contributed by atoms with Gasteiger partial charge in [-0.25, -0.2) is 0 Å². The summed E-state index contributed by atoms with van der Waals surface area (Å²) in [6, 6.07) is 5.77. The normalized spacial score (nSPS) is 13.4. The van der Waals surface area contributed by atoms with E-state index in [2.05, 4.69) is 35.4 Å². The number of H-pyrrole nitrogens is 1. The van der Waals surface area contributed by atoms with Gasteiger partial charge in [-0.3, -0.25) is 4.79 Å². The summed E-state index contributed by atoms with van der Waals surface area (Å²) in [5, 5.41) is 4.16. The van der Waals surface area contributed by atoms with E-state index in [0.29, 0.717) is 6.54 Å². The number of hydrogen-bond acceptors (Lipinski definition) is 2. The van der Waals surface area contributed by atoms with Gasteiger partial charge in [0.05, 0.1) is 6.04 Å². The Bertz CT molecular complexity index is 637. The van der Waals surface area contributed by atoms with Crippen LogP contribution >= 0.6 is 0 Å². The molecule has 0 bridgehead atoms. The lowest BCUT2D eigenvalue weighted by molar-refractivity contribution is -0.124. The van der Waals surface area contributed by atoms with Crippen molar-refractivity contribution in [2.75, 3.05) is 6.54 Å². The Balaban J connectivity index is 1.97. The molecule has 0 aliphatic heterocycles. The van der Waals surface area contributed by atoms with Gasteiger partial charge in [-0.2, -0.15) is 0 Å². The van der Waals surface area contributed by atoms with Crippen molar-refractivity contribution in [2.24, 2.45) is 11.1 Å². The Morgan fingerprint density at radius 3 is 2.76 bits per heavy atom. The molecule has 2 rings (SSSR count). The van der Waals surface area contributed by atoms with Crippen molar-refractivity contribution in [2.45, 2.75) is 40.2 Å². The minimum absolute atomic E-state index is 0.0847. The predicted molar refractivity (Wildman–Crippen MR) is 87.2 cm³/mol. The number of rotatable bonds is 4. The van der Waals surface area contributed by atoms with Crippen LogP contribution in [0, 0.1) is 12.3 Å². The number of carbonyl (C=O) groups excluding carboxylic acids is 1. The molecule has 0 aliphatic rings. The first kappa shape index (κ1) is 15.6. The topological polar surface area (TPSA) is 70.9 Å². The SMILES string of the molecule is Cc1cccc2c(CCNC(=O)[C@@H](N)C(C)(C)C)c[nH]c12. The third kappa shape index (κ3) is 3.45. The van der Waals surface area contributed by atoms with Gasteiger partial charge in [0.15, 0.2) is 0 Å². The number of fused-ring (bicyclic) bond motifs is 1. The van der Waals surface area contributed by atoms with Gasteiger partial charge in [-0.05, 0) is 29.9 Å². The standard InChI is InChI=1S/C17H25N3O/c1-11-6-5-7-13-12(10-20-14(11)13)8-9-19-16(21)15(18)17(2,3)4/h5-7,10,15,20H,8-9,18H2,1-4H3,(H,19,21)/t15-/m1/s1. The van der Waals surface area contributed by atoms with Crippen LogP contribution in [0.2, 0.25) is 0 Å². The van der Waals surface area contributed by atoms with Gasteiger partial charge >= 0.3 is 0 Å². The fraction of sp³-hybridized carbons (Fsp3) is 0.471.